The summed E-state index contributed by atoms with van der Waals surface area (Å²) in [5.74, 6) is -0.861. The van der Waals surface area contributed by atoms with Gasteiger partial charge in [0.05, 0.1) is 19.1 Å². The van der Waals surface area contributed by atoms with Crippen LogP contribution in [0.15, 0.2) is 18.2 Å². The second-order valence-corrected chi connectivity index (χ2v) is 5.47. The maximum absolute atomic E-state index is 12.7. The van der Waals surface area contributed by atoms with Crippen molar-refractivity contribution < 1.29 is 24.0 Å². The number of methoxy groups -OCH3 is 2. The monoisotopic (exact) mass is 322 g/mol. The molecule has 124 valence electrons. The van der Waals surface area contributed by atoms with Crippen molar-refractivity contribution in [1.82, 2.24) is 4.90 Å². The normalized spacial score (nSPS) is 20.2. The number of esters is 1. The Kier molecular flexibility index (Phi) is 4.53. The highest BCUT2D eigenvalue weighted by Gasteiger charge is 2.47. The number of nitro groups is 1. The SMILES string of the molecule is COC(=O)[C@@]1(C)CCCN1C(=O)c1ccc([N+](=O)[O-])c(OC)c1. The summed E-state index contributed by atoms with van der Waals surface area (Å²) < 4.78 is 9.78. The predicted octanol–water partition coefficient (Wildman–Crippen LogP) is 1.77. The molecule has 0 N–H and O–H groups in total. The molecular formula is C15H18N2O6. The van der Waals surface area contributed by atoms with E-state index >= 15 is 0 Å². The van der Waals surface area contributed by atoms with Gasteiger partial charge >= 0.3 is 11.7 Å². The number of ether oxygens (including phenoxy) is 2. The van der Waals surface area contributed by atoms with E-state index in [2.05, 4.69) is 0 Å². The molecule has 0 spiro atoms. The van der Waals surface area contributed by atoms with Gasteiger partial charge in [-0.3, -0.25) is 14.9 Å². The molecule has 1 aromatic rings. The fraction of sp³-hybridized carbons (Fsp3) is 0.467. The average Bonchev–Trinajstić information content (AvgIpc) is 2.95. The van der Waals surface area contributed by atoms with Crippen molar-refractivity contribution in [3.8, 4) is 5.75 Å². The van der Waals surface area contributed by atoms with Gasteiger partial charge < -0.3 is 14.4 Å². The molecule has 1 atom stereocenters. The largest absolute Gasteiger partial charge is 0.490 e. The molecule has 1 heterocycles. The zero-order valence-corrected chi connectivity index (χ0v) is 13.2. The van der Waals surface area contributed by atoms with Crippen LogP contribution in [0.1, 0.15) is 30.1 Å². The van der Waals surface area contributed by atoms with Gasteiger partial charge in [-0.1, -0.05) is 0 Å². The Balaban J connectivity index is 2.37. The third kappa shape index (κ3) is 2.84. The van der Waals surface area contributed by atoms with Crippen LogP contribution in [-0.2, 0) is 9.53 Å². The number of likely N-dealkylation sites (tertiary alicyclic amines) is 1. The number of nitrogens with zero attached hydrogens (tertiary/aromatic N) is 2. The lowest BCUT2D eigenvalue weighted by atomic mass is 9.98. The Labute approximate surface area is 133 Å². The van der Waals surface area contributed by atoms with Gasteiger partial charge in [-0.15, -0.1) is 0 Å². The van der Waals surface area contributed by atoms with Crippen molar-refractivity contribution in [1.29, 1.82) is 0 Å². The third-order valence-electron chi connectivity index (χ3n) is 4.13. The van der Waals surface area contributed by atoms with Crippen LogP contribution in [-0.4, -0.2) is 48.0 Å². The van der Waals surface area contributed by atoms with Crippen LogP contribution in [0.3, 0.4) is 0 Å². The van der Waals surface area contributed by atoms with E-state index in [0.717, 1.165) is 0 Å². The first-order chi connectivity index (χ1) is 10.8. The topological polar surface area (TPSA) is 99.0 Å². The van der Waals surface area contributed by atoms with E-state index < -0.39 is 16.4 Å². The van der Waals surface area contributed by atoms with Crippen molar-refractivity contribution in [2.75, 3.05) is 20.8 Å². The van der Waals surface area contributed by atoms with Crippen LogP contribution in [0.2, 0.25) is 0 Å². The van der Waals surface area contributed by atoms with E-state index in [1.807, 2.05) is 0 Å². The molecular weight excluding hydrogens is 304 g/mol. The maximum Gasteiger partial charge on any atom is 0.331 e. The molecule has 0 aliphatic carbocycles. The summed E-state index contributed by atoms with van der Waals surface area (Å²) in [5, 5.41) is 10.9. The molecule has 2 rings (SSSR count). The summed E-state index contributed by atoms with van der Waals surface area (Å²) >= 11 is 0. The molecule has 0 saturated carbocycles. The van der Waals surface area contributed by atoms with Crippen molar-refractivity contribution in [3.63, 3.8) is 0 Å². The molecule has 1 fully saturated rings. The molecule has 0 unspecified atom stereocenters. The lowest BCUT2D eigenvalue weighted by molar-refractivity contribution is -0.385. The Hall–Kier alpha value is -2.64. The minimum absolute atomic E-state index is 0.000168. The van der Waals surface area contributed by atoms with Crippen molar-refractivity contribution in [2.45, 2.75) is 25.3 Å². The van der Waals surface area contributed by atoms with Crippen LogP contribution in [0.5, 0.6) is 5.75 Å². The van der Waals surface area contributed by atoms with Crippen LogP contribution >= 0.6 is 0 Å². The number of carbonyl (C=O) groups is 2. The second kappa shape index (κ2) is 6.23. The molecule has 0 bridgehead atoms. The van der Waals surface area contributed by atoms with Gasteiger partial charge in [-0.05, 0) is 25.8 Å². The highest BCUT2D eigenvalue weighted by molar-refractivity contribution is 5.99. The van der Waals surface area contributed by atoms with E-state index in [9.17, 15) is 19.7 Å². The minimum atomic E-state index is -1.03. The summed E-state index contributed by atoms with van der Waals surface area (Å²) in [6.45, 7) is 2.08. The number of benzene rings is 1. The van der Waals surface area contributed by atoms with Crippen molar-refractivity contribution >= 4 is 17.6 Å². The van der Waals surface area contributed by atoms with E-state index in [1.54, 1.807) is 6.92 Å². The van der Waals surface area contributed by atoms with Crippen molar-refractivity contribution in [3.05, 3.63) is 33.9 Å². The zero-order chi connectivity index (χ0) is 17.2. The molecule has 1 amide bonds. The molecule has 1 aliphatic rings. The standard InChI is InChI=1S/C15H18N2O6/c1-15(14(19)23-3)7-4-8-16(15)13(18)10-5-6-11(17(20)21)12(9-10)22-2/h5-6,9H,4,7-8H2,1-3H3/t15-/m1/s1. The summed E-state index contributed by atoms with van der Waals surface area (Å²) in [4.78, 5) is 36.5. The highest BCUT2D eigenvalue weighted by Crippen LogP contribution is 2.33. The van der Waals surface area contributed by atoms with Gasteiger partial charge in [-0.25, -0.2) is 4.79 Å². The fourth-order valence-corrected chi connectivity index (χ4v) is 2.84. The molecule has 1 aromatic carbocycles. The fourth-order valence-electron chi connectivity index (χ4n) is 2.84. The molecule has 0 radical (unpaired) electrons. The van der Waals surface area contributed by atoms with Gasteiger partial charge in [-0.2, -0.15) is 0 Å². The Morgan fingerprint density at radius 3 is 2.61 bits per heavy atom. The Bertz CT molecular complexity index is 659. The smallest absolute Gasteiger partial charge is 0.331 e. The van der Waals surface area contributed by atoms with E-state index in [4.69, 9.17) is 9.47 Å². The summed E-state index contributed by atoms with van der Waals surface area (Å²) in [7, 11) is 2.58. The van der Waals surface area contributed by atoms with E-state index in [1.165, 1.54) is 37.3 Å². The molecule has 23 heavy (non-hydrogen) atoms. The first-order valence-corrected chi connectivity index (χ1v) is 7.08. The van der Waals surface area contributed by atoms with Gasteiger partial charge in [0.1, 0.15) is 5.54 Å². The molecule has 1 saturated heterocycles. The lowest BCUT2D eigenvalue weighted by Gasteiger charge is -2.32. The van der Waals surface area contributed by atoms with E-state index in [0.29, 0.717) is 19.4 Å². The predicted molar refractivity (Wildman–Crippen MR) is 80.3 cm³/mol. The van der Waals surface area contributed by atoms with Crippen LogP contribution in [0.4, 0.5) is 5.69 Å². The van der Waals surface area contributed by atoms with Gasteiger partial charge in [0.15, 0.2) is 5.75 Å². The molecule has 0 aromatic heterocycles. The first kappa shape index (κ1) is 16.7. The average molecular weight is 322 g/mol. The van der Waals surface area contributed by atoms with Gasteiger partial charge in [0, 0.05) is 24.2 Å². The quantitative estimate of drug-likeness (QED) is 0.476. The highest BCUT2D eigenvalue weighted by atomic mass is 16.6. The van der Waals surface area contributed by atoms with E-state index in [-0.39, 0.29) is 22.9 Å². The summed E-state index contributed by atoms with van der Waals surface area (Å²) in [6.07, 6.45) is 1.19. The summed E-state index contributed by atoms with van der Waals surface area (Å²) in [5.41, 5.74) is -1.02. The summed E-state index contributed by atoms with van der Waals surface area (Å²) in [6, 6.07) is 3.90. The minimum Gasteiger partial charge on any atom is -0.490 e. The zero-order valence-electron chi connectivity index (χ0n) is 13.2. The Morgan fingerprint density at radius 2 is 2.04 bits per heavy atom. The number of carbonyl (C=O) groups excluding carboxylic acids is 2. The number of hydrogen-bond acceptors (Lipinski definition) is 6. The molecule has 8 nitrogen and oxygen atoms in total. The van der Waals surface area contributed by atoms with Gasteiger partial charge in [0.2, 0.25) is 0 Å². The van der Waals surface area contributed by atoms with Crippen molar-refractivity contribution in [2.24, 2.45) is 0 Å². The lowest BCUT2D eigenvalue weighted by Crippen LogP contribution is -2.51. The molecule has 8 heteroatoms. The number of nitro benzene ring substituents is 1. The maximum atomic E-state index is 12.7. The number of rotatable bonds is 4. The first-order valence-electron chi connectivity index (χ1n) is 7.08. The number of amides is 1. The second-order valence-electron chi connectivity index (χ2n) is 5.47. The number of hydrogen-bond donors (Lipinski definition) is 0. The molecule has 1 aliphatic heterocycles. The van der Waals surface area contributed by atoms with Crippen LogP contribution < -0.4 is 4.74 Å². The van der Waals surface area contributed by atoms with Crippen LogP contribution in [0, 0.1) is 10.1 Å². The third-order valence-corrected chi connectivity index (χ3v) is 4.13. The Morgan fingerprint density at radius 1 is 1.35 bits per heavy atom. The van der Waals surface area contributed by atoms with Crippen LogP contribution in [0.25, 0.3) is 0 Å². The van der Waals surface area contributed by atoms with Gasteiger partial charge in [0.25, 0.3) is 5.91 Å².